The van der Waals surface area contributed by atoms with Crippen molar-refractivity contribution in [3.63, 3.8) is 0 Å². The van der Waals surface area contributed by atoms with E-state index in [4.69, 9.17) is 4.74 Å². The van der Waals surface area contributed by atoms with Crippen LogP contribution in [0, 0.1) is 0 Å². The number of aromatic amines is 1. The number of imidazole rings is 1. The molecule has 0 radical (unpaired) electrons. The van der Waals surface area contributed by atoms with Crippen LogP contribution in [0.5, 0.6) is 5.75 Å². The molecule has 11 heteroatoms. The van der Waals surface area contributed by atoms with Gasteiger partial charge >= 0.3 is 12.5 Å². The number of H-pyrrole nitrogens is 1. The third-order valence-corrected chi connectivity index (χ3v) is 5.69. The monoisotopic (exact) mass is 468 g/mol. The van der Waals surface area contributed by atoms with E-state index in [9.17, 15) is 18.0 Å². The number of fused-ring (bicyclic) bond motifs is 1. The molecule has 1 spiro atoms. The van der Waals surface area contributed by atoms with Gasteiger partial charge in [-0.05, 0) is 24.3 Å². The van der Waals surface area contributed by atoms with E-state index in [0.717, 1.165) is 5.69 Å². The van der Waals surface area contributed by atoms with Crippen LogP contribution in [0.25, 0.3) is 11.0 Å². The Balaban J connectivity index is 0.00000245. The molecule has 3 aromatic rings. The number of nitrogens with zero attached hydrogens (tertiary/aromatic N) is 3. The molecule has 0 atom stereocenters. The third kappa shape index (κ3) is 4.27. The molecular weight excluding hydrogens is 449 g/mol. The molecule has 7 nitrogen and oxygen atoms in total. The number of para-hydroxylation sites is 1. The van der Waals surface area contributed by atoms with Gasteiger partial charge in [0, 0.05) is 37.7 Å². The van der Waals surface area contributed by atoms with E-state index in [1.165, 1.54) is 18.2 Å². The Hall–Kier alpha value is -3.14. The number of anilines is 2. The quantitative estimate of drug-likeness (QED) is 0.593. The maximum Gasteiger partial charge on any atom is 0.573 e. The van der Waals surface area contributed by atoms with Crippen molar-refractivity contribution in [2.75, 3.05) is 29.4 Å². The maximum atomic E-state index is 12.5. The summed E-state index contributed by atoms with van der Waals surface area (Å²) >= 11 is 0. The molecule has 2 aromatic carbocycles. The molecule has 170 valence electrons. The Morgan fingerprint density at radius 2 is 1.81 bits per heavy atom. The first-order valence-electron chi connectivity index (χ1n) is 9.86. The number of carbonyl (C=O) groups excluding carboxylic acids is 1. The van der Waals surface area contributed by atoms with E-state index < -0.39 is 12.0 Å². The summed E-state index contributed by atoms with van der Waals surface area (Å²) in [7, 11) is 0. The van der Waals surface area contributed by atoms with Crippen molar-refractivity contribution in [2.24, 2.45) is 0 Å². The molecule has 0 bridgehead atoms. The Labute approximate surface area is 187 Å². The summed E-state index contributed by atoms with van der Waals surface area (Å²) in [5, 5.41) is 0. The van der Waals surface area contributed by atoms with Gasteiger partial charge in [0.15, 0.2) is 0 Å². The first-order chi connectivity index (χ1) is 14.8. The van der Waals surface area contributed by atoms with Gasteiger partial charge in [-0.15, -0.1) is 25.6 Å². The molecule has 1 N–H and O–H groups in total. The summed E-state index contributed by atoms with van der Waals surface area (Å²) in [4.78, 5) is 23.6. The number of carbonyl (C=O) groups is 1. The van der Waals surface area contributed by atoms with Crippen LogP contribution >= 0.6 is 12.4 Å². The molecule has 2 saturated heterocycles. The van der Waals surface area contributed by atoms with Gasteiger partial charge in [-0.2, -0.15) is 0 Å². The highest BCUT2D eigenvalue weighted by Gasteiger charge is 2.47. The Kier molecular flexibility index (Phi) is 5.58. The normalized spacial score (nSPS) is 18.0. The minimum Gasteiger partial charge on any atom is -0.440 e. The highest BCUT2D eigenvalue weighted by atomic mass is 35.5. The lowest BCUT2D eigenvalue weighted by Gasteiger charge is -2.37. The number of rotatable bonds is 3. The van der Waals surface area contributed by atoms with Crippen LogP contribution in [0.2, 0.25) is 0 Å². The highest BCUT2D eigenvalue weighted by Crippen LogP contribution is 2.37. The number of hydrogen-bond donors (Lipinski definition) is 1. The molecule has 0 aliphatic carbocycles. The number of nitrogens with one attached hydrogen (secondary N) is 1. The number of benzene rings is 2. The lowest BCUT2D eigenvalue weighted by Crippen LogP contribution is -2.47. The average molecular weight is 469 g/mol. The number of hydrogen-bond acceptors (Lipinski definition) is 5. The first-order valence-corrected chi connectivity index (χ1v) is 9.86. The summed E-state index contributed by atoms with van der Waals surface area (Å²) in [6.07, 6.45) is -3.84. The van der Waals surface area contributed by atoms with E-state index in [-0.39, 0.29) is 24.2 Å². The molecule has 3 heterocycles. The Morgan fingerprint density at radius 3 is 2.50 bits per heavy atom. The molecule has 2 aliphatic rings. The second kappa shape index (κ2) is 8.09. The van der Waals surface area contributed by atoms with Crippen molar-refractivity contribution in [2.45, 2.75) is 24.8 Å². The standard InChI is InChI=1S/C21H19F3N4O3.ClH/c22-21(23,24)30-15-6-7-16-17(12-15)26-18(25-16)27-10-8-20(9-11-27)13-28(19(29)31-20)14-4-2-1-3-5-14;/h1-7,12H,8-11,13H2,(H,25,26);1H. The fourth-order valence-corrected chi connectivity index (χ4v) is 4.14. The average Bonchev–Trinajstić information content (AvgIpc) is 3.29. The minimum absolute atomic E-state index is 0. The largest absolute Gasteiger partial charge is 0.573 e. The van der Waals surface area contributed by atoms with E-state index in [1.54, 1.807) is 4.90 Å². The van der Waals surface area contributed by atoms with Crippen molar-refractivity contribution in [1.29, 1.82) is 0 Å². The van der Waals surface area contributed by atoms with Crippen LogP contribution in [-0.4, -0.2) is 47.7 Å². The van der Waals surface area contributed by atoms with Gasteiger partial charge in [-0.1, -0.05) is 18.2 Å². The van der Waals surface area contributed by atoms with Crippen molar-refractivity contribution in [1.82, 2.24) is 9.97 Å². The molecule has 5 rings (SSSR count). The summed E-state index contributed by atoms with van der Waals surface area (Å²) in [6.45, 7) is 1.69. The van der Waals surface area contributed by atoms with Gasteiger partial charge < -0.3 is 19.4 Å². The van der Waals surface area contributed by atoms with E-state index >= 15 is 0 Å². The van der Waals surface area contributed by atoms with Gasteiger partial charge in [-0.3, -0.25) is 4.90 Å². The van der Waals surface area contributed by atoms with Gasteiger partial charge in [0.2, 0.25) is 5.95 Å². The number of ether oxygens (including phenoxy) is 2. The van der Waals surface area contributed by atoms with Crippen molar-refractivity contribution < 1.29 is 27.4 Å². The fourth-order valence-electron chi connectivity index (χ4n) is 4.14. The topological polar surface area (TPSA) is 70.7 Å². The predicted molar refractivity (Wildman–Crippen MR) is 114 cm³/mol. The van der Waals surface area contributed by atoms with Gasteiger partial charge in [-0.25, -0.2) is 9.78 Å². The molecular formula is C21H20ClF3N4O3. The van der Waals surface area contributed by atoms with E-state index in [1.807, 2.05) is 35.2 Å². The van der Waals surface area contributed by atoms with Crippen LogP contribution in [0.3, 0.4) is 0 Å². The zero-order valence-corrected chi connectivity index (χ0v) is 17.6. The number of amides is 1. The molecule has 1 aromatic heterocycles. The maximum absolute atomic E-state index is 12.5. The Morgan fingerprint density at radius 1 is 1.09 bits per heavy atom. The zero-order chi connectivity index (χ0) is 21.6. The lowest BCUT2D eigenvalue weighted by atomic mass is 9.91. The molecule has 0 saturated carbocycles. The molecule has 2 aliphatic heterocycles. The summed E-state index contributed by atoms with van der Waals surface area (Å²) in [6, 6.07) is 13.4. The van der Waals surface area contributed by atoms with E-state index in [2.05, 4.69) is 14.7 Å². The zero-order valence-electron chi connectivity index (χ0n) is 16.8. The van der Waals surface area contributed by atoms with Crippen LogP contribution in [0.1, 0.15) is 12.8 Å². The summed E-state index contributed by atoms with van der Waals surface area (Å²) in [5.41, 5.74) is 1.26. The van der Waals surface area contributed by atoms with Crippen molar-refractivity contribution >= 4 is 41.2 Å². The second-order valence-corrected chi connectivity index (χ2v) is 7.75. The number of piperidine rings is 1. The van der Waals surface area contributed by atoms with Crippen LogP contribution in [-0.2, 0) is 4.74 Å². The number of alkyl halides is 3. The van der Waals surface area contributed by atoms with Gasteiger partial charge in [0.05, 0.1) is 17.6 Å². The SMILES string of the molecule is Cl.O=C1OC2(CCN(c3nc4ccc(OC(F)(F)F)cc4[nH]3)CC2)CN1c1ccccc1. The molecule has 0 unspecified atom stereocenters. The van der Waals surface area contributed by atoms with Crippen LogP contribution in [0.15, 0.2) is 48.5 Å². The third-order valence-electron chi connectivity index (χ3n) is 5.69. The van der Waals surface area contributed by atoms with E-state index in [0.29, 0.717) is 49.5 Å². The first kappa shape index (κ1) is 22.1. The smallest absolute Gasteiger partial charge is 0.440 e. The van der Waals surface area contributed by atoms with Crippen LogP contribution < -0.4 is 14.5 Å². The minimum atomic E-state index is -4.75. The Bertz CT molecular complexity index is 1110. The predicted octanol–water partition coefficient (Wildman–Crippen LogP) is 4.88. The number of halogens is 4. The molecule has 1 amide bonds. The molecule has 2 fully saturated rings. The fraction of sp³-hybridized carbons (Fsp3) is 0.333. The van der Waals surface area contributed by atoms with Crippen molar-refractivity contribution in [3.8, 4) is 5.75 Å². The lowest BCUT2D eigenvalue weighted by molar-refractivity contribution is -0.274. The number of aromatic nitrogens is 2. The van der Waals surface area contributed by atoms with Gasteiger partial charge in [0.1, 0.15) is 11.4 Å². The molecule has 32 heavy (non-hydrogen) atoms. The highest BCUT2D eigenvalue weighted by molar-refractivity contribution is 5.90. The van der Waals surface area contributed by atoms with Gasteiger partial charge in [0.25, 0.3) is 0 Å². The van der Waals surface area contributed by atoms with Crippen molar-refractivity contribution in [3.05, 3.63) is 48.5 Å². The summed E-state index contributed by atoms with van der Waals surface area (Å²) < 4.78 is 47.1. The summed E-state index contributed by atoms with van der Waals surface area (Å²) in [5.74, 6) is 0.268. The second-order valence-electron chi connectivity index (χ2n) is 7.75. The van der Waals surface area contributed by atoms with Crippen LogP contribution in [0.4, 0.5) is 29.6 Å².